The molecule has 0 aliphatic rings. The van der Waals surface area contributed by atoms with Crippen molar-refractivity contribution in [3.8, 4) is 33.4 Å². The molecule has 144 valence electrons. The number of pyridine rings is 1. The molecule has 1 aromatic heterocycles. The summed E-state index contributed by atoms with van der Waals surface area (Å²) in [4.78, 5) is 0. The second-order valence-corrected chi connectivity index (χ2v) is 8.38. The fourth-order valence-electron chi connectivity index (χ4n) is 3.66. The molecule has 29 heavy (non-hydrogen) atoms. The Kier molecular flexibility index (Phi) is 4.94. The first-order chi connectivity index (χ1) is 13.9. The van der Waals surface area contributed by atoms with Gasteiger partial charge in [-0.25, -0.2) is 0 Å². The van der Waals surface area contributed by atoms with E-state index in [2.05, 4.69) is 81.4 Å². The molecule has 2 heteroatoms. The lowest BCUT2D eigenvalue weighted by molar-refractivity contribution is -0.605. The Bertz CT molecular complexity index is 1050. The second kappa shape index (κ2) is 7.56. The summed E-state index contributed by atoms with van der Waals surface area (Å²) in [5, 5.41) is 11.7. The fraction of sp³-hybridized carbons (Fsp3) is 0.148. The maximum absolute atomic E-state index is 11.7. The highest BCUT2D eigenvalue weighted by atomic mass is 16.5. The van der Waals surface area contributed by atoms with E-state index in [9.17, 15) is 5.21 Å². The maximum atomic E-state index is 11.7. The molecular formula is C27H25NO. The van der Waals surface area contributed by atoms with Gasteiger partial charge in [-0.15, -0.1) is 0 Å². The molecule has 0 N–H and O–H groups in total. The highest BCUT2D eigenvalue weighted by Crippen LogP contribution is 2.42. The van der Waals surface area contributed by atoms with E-state index in [0.717, 1.165) is 15.9 Å². The van der Waals surface area contributed by atoms with Gasteiger partial charge < -0.3 is 5.21 Å². The minimum atomic E-state index is 0.0142. The van der Waals surface area contributed by atoms with Gasteiger partial charge in [0.25, 0.3) is 0 Å². The Morgan fingerprint density at radius 1 is 0.621 bits per heavy atom. The van der Waals surface area contributed by atoms with Crippen LogP contribution in [0.1, 0.15) is 26.3 Å². The molecule has 0 aliphatic heterocycles. The summed E-state index contributed by atoms with van der Waals surface area (Å²) < 4.78 is 0.831. The van der Waals surface area contributed by atoms with E-state index in [4.69, 9.17) is 0 Å². The van der Waals surface area contributed by atoms with Gasteiger partial charge in [-0.05, 0) is 56.5 Å². The van der Waals surface area contributed by atoms with Crippen molar-refractivity contribution in [2.24, 2.45) is 0 Å². The number of aromatic nitrogens is 1. The predicted octanol–water partition coefficient (Wildman–Crippen LogP) is 6.62. The van der Waals surface area contributed by atoms with E-state index in [0.29, 0.717) is 0 Å². The van der Waals surface area contributed by atoms with Gasteiger partial charge in [-0.1, -0.05) is 81.4 Å². The van der Waals surface area contributed by atoms with Gasteiger partial charge in [0.1, 0.15) is 0 Å². The van der Waals surface area contributed by atoms with Crippen LogP contribution in [-0.2, 0) is 5.41 Å². The Labute approximate surface area is 172 Å². The van der Waals surface area contributed by atoms with Crippen molar-refractivity contribution in [2.45, 2.75) is 26.2 Å². The minimum Gasteiger partial charge on any atom is -0.619 e. The van der Waals surface area contributed by atoms with E-state index in [-0.39, 0.29) is 5.41 Å². The molecule has 0 spiro atoms. The minimum absolute atomic E-state index is 0.0142. The monoisotopic (exact) mass is 379 g/mol. The average Bonchev–Trinajstić information content (AvgIpc) is 2.74. The zero-order valence-corrected chi connectivity index (χ0v) is 17.1. The molecule has 2 nitrogen and oxygen atoms in total. The lowest BCUT2D eigenvalue weighted by Gasteiger charge is -2.25. The zero-order valence-electron chi connectivity index (χ0n) is 17.1. The van der Waals surface area contributed by atoms with Crippen molar-refractivity contribution in [2.75, 3.05) is 0 Å². The van der Waals surface area contributed by atoms with Gasteiger partial charge in [0.15, 0.2) is 12.4 Å². The van der Waals surface area contributed by atoms with Crippen LogP contribution in [0.4, 0.5) is 0 Å². The molecular weight excluding hydrogens is 354 g/mol. The Morgan fingerprint density at radius 3 is 1.48 bits per heavy atom. The van der Waals surface area contributed by atoms with E-state index in [1.54, 1.807) is 12.4 Å². The first-order valence-electron chi connectivity index (χ1n) is 9.92. The van der Waals surface area contributed by atoms with Crippen LogP contribution in [0.25, 0.3) is 33.4 Å². The molecule has 0 bridgehead atoms. The van der Waals surface area contributed by atoms with E-state index >= 15 is 0 Å². The van der Waals surface area contributed by atoms with Crippen LogP contribution in [0.15, 0.2) is 97.3 Å². The molecule has 0 saturated carbocycles. The Balaban J connectivity index is 2.11. The van der Waals surface area contributed by atoms with Crippen molar-refractivity contribution < 1.29 is 4.73 Å². The summed E-state index contributed by atoms with van der Waals surface area (Å²) in [6, 6.07) is 29.4. The maximum Gasteiger partial charge on any atom is 0.180 e. The number of nitrogens with zero attached hydrogens (tertiary/aromatic N) is 1. The van der Waals surface area contributed by atoms with Crippen molar-refractivity contribution in [1.82, 2.24) is 0 Å². The second-order valence-electron chi connectivity index (χ2n) is 8.38. The molecule has 0 atom stereocenters. The van der Waals surface area contributed by atoms with Gasteiger partial charge >= 0.3 is 0 Å². The van der Waals surface area contributed by atoms with Crippen LogP contribution in [0.3, 0.4) is 0 Å². The number of hydrogen-bond acceptors (Lipinski definition) is 1. The molecule has 0 unspecified atom stereocenters. The first kappa shape index (κ1) is 18.9. The molecule has 0 aliphatic carbocycles. The lowest BCUT2D eigenvalue weighted by atomic mass is 9.79. The van der Waals surface area contributed by atoms with Gasteiger partial charge in [0, 0.05) is 12.1 Å². The molecule has 3 aromatic carbocycles. The van der Waals surface area contributed by atoms with Crippen molar-refractivity contribution in [1.29, 1.82) is 0 Å². The average molecular weight is 380 g/mol. The zero-order chi connectivity index (χ0) is 20.4. The van der Waals surface area contributed by atoms with Crippen molar-refractivity contribution >= 4 is 0 Å². The summed E-state index contributed by atoms with van der Waals surface area (Å²) in [7, 11) is 0. The SMILES string of the molecule is CC(C)(C)c1cc(-c2ccccc2)c(-c2cc[n+]([O-])cc2)c(-c2ccccc2)c1. The van der Waals surface area contributed by atoms with Crippen LogP contribution in [-0.4, -0.2) is 0 Å². The fourth-order valence-corrected chi connectivity index (χ4v) is 3.66. The summed E-state index contributed by atoms with van der Waals surface area (Å²) in [6.07, 6.45) is 3.13. The van der Waals surface area contributed by atoms with Crippen LogP contribution in [0, 0.1) is 5.21 Å². The molecule has 0 amide bonds. The topological polar surface area (TPSA) is 26.9 Å². The van der Waals surface area contributed by atoms with Crippen LogP contribution in [0.5, 0.6) is 0 Å². The Hall–Kier alpha value is -3.39. The first-order valence-corrected chi connectivity index (χ1v) is 9.92. The highest BCUT2D eigenvalue weighted by molar-refractivity contribution is 5.95. The molecule has 4 rings (SSSR count). The number of rotatable bonds is 3. The van der Waals surface area contributed by atoms with E-state index in [1.165, 1.54) is 27.8 Å². The summed E-state index contributed by atoms with van der Waals surface area (Å²) in [5.74, 6) is 0. The highest BCUT2D eigenvalue weighted by Gasteiger charge is 2.21. The smallest absolute Gasteiger partial charge is 0.180 e. The summed E-state index contributed by atoms with van der Waals surface area (Å²) >= 11 is 0. The van der Waals surface area contributed by atoms with Gasteiger partial charge in [0.05, 0.1) is 0 Å². The quantitative estimate of drug-likeness (QED) is 0.290. The molecule has 0 fully saturated rings. The normalized spacial score (nSPS) is 11.4. The third kappa shape index (κ3) is 3.93. The lowest BCUT2D eigenvalue weighted by Crippen LogP contribution is -2.23. The standard InChI is InChI=1S/C27H25NO/c1-27(2,3)23-18-24(20-10-6-4-7-11-20)26(22-14-16-28(29)17-15-22)25(19-23)21-12-8-5-9-13-21/h4-19H,1-3H3. The molecule has 4 aromatic rings. The van der Waals surface area contributed by atoms with Crippen LogP contribution < -0.4 is 4.73 Å². The van der Waals surface area contributed by atoms with Gasteiger partial charge in [-0.2, -0.15) is 4.73 Å². The molecule has 0 radical (unpaired) electrons. The van der Waals surface area contributed by atoms with Crippen LogP contribution in [0.2, 0.25) is 0 Å². The third-order valence-corrected chi connectivity index (χ3v) is 5.26. The van der Waals surface area contributed by atoms with Gasteiger partial charge in [-0.3, -0.25) is 0 Å². The van der Waals surface area contributed by atoms with Crippen molar-refractivity contribution in [3.63, 3.8) is 0 Å². The van der Waals surface area contributed by atoms with Crippen molar-refractivity contribution in [3.05, 3.63) is 108 Å². The molecule has 1 heterocycles. The largest absolute Gasteiger partial charge is 0.619 e. The number of hydrogen-bond donors (Lipinski definition) is 0. The third-order valence-electron chi connectivity index (χ3n) is 5.26. The van der Waals surface area contributed by atoms with Gasteiger partial charge in [0.2, 0.25) is 0 Å². The van der Waals surface area contributed by atoms with Crippen LogP contribution >= 0.6 is 0 Å². The predicted molar refractivity (Wildman–Crippen MR) is 120 cm³/mol. The Morgan fingerprint density at radius 2 is 1.07 bits per heavy atom. The summed E-state index contributed by atoms with van der Waals surface area (Å²) in [6.45, 7) is 6.73. The number of benzene rings is 3. The van der Waals surface area contributed by atoms with E-state index in [1.807, 2.05) is 24.3 Å². The molecule has 0 saturated heterocycles. The van der Waals surface area contributed by atoms with E-state index < -0.39 is 0 Å². The summed E-state index contributed by atoms with van der Waals surface area (Å²) in [5.41, 5.74) is 8.19.